The number of aromatic carboxylic acids is 1. The molecule has 0 spiro atoms. The van der Waals surface area contributed by atoms with Crippen molar-refractivity contribution >= 4 is 5.97 Å². The summed E-state index contributed by atoms with van der Waals surface area (Å²) in [6.45, 7) is 10.6. The first kappa shape index (κ1) is 22.9. The van der Waals surface area contributed by atoms with Crippen molar-refractivity contribution in [1.82, 2.24) is 14.7 Å². The number of alkyl halides is 1. The highest BCUT2D eigenvalue weighted by atomic mass is 19.1. The van der Waals surface area contributed by atoms with Crippen LogP contribution in [0.25, 0.3) is 0 Å². The molecule has 2 fully saturated rings. The van der Waals surface area contributed by atoms with Crippen LogP contribution in [0.1, 0.15) is 47.3 Å². The molecule has 2 aromatic carbocycles. The fraction of sp³-hybridized carbons (Fsp3) is 0.500. The van der Waals surface area contributed by atoms with Crippen LogP contribution in [0.3, 0.4) is 0 Å². The normalized spacial score (nSPS) is 25.3. The number of likely N-dealkylation sites (tertiary alicyclic amines) is 1. The van der Waals surface area contributed by atoms with Crippen LogP contribution in [-0.2, 0) is 19.6 Å². The number of rotatable bonds is 7. The molecule has 0 aliphatic carbocycles. The lowest BCUT2D eigenvalue weighted by Crippen LogP contribution is -2.55. The van der Waals surface area contributed by atoms with Crippen LogP contribution in [-0.4, -0.2) is 70.2 Å². The van der Waals surface area contributed by atoms with Gasteiger partial charge >= 0.3 is 5.97 Å². The van der Waals surface area contributed by atoms with Gasteiger partial charge in [0.05, 0.1) is 5.56 Å². The van der Waals surface area contributed by atoms with Crippen molar-refractivity contribution < 1.29 is 14.3 Å². The predicted molar refractivity (Wildman–Crippen MR) is 124 cm³/mol. The van der Waals surface area contributed by atoms with Crippen molar-refractivity contribution in [3.05, 3.63) is 70.8 Å². The summed E-state index contributed by atoms with van der Waals surface area (Å²) in [5, 5.41) is 9.07. The van der Waals surface area contributed by atoms with E-state index in [0.717, 1.165) is 44.8 Å². The summed E-state index contributed by atoms with van der Waals surface area (Å²) in [6, 6.07) is 16.9. The fourth-order valence-corrected chi connectivity index (χ4v) is 5.07. The third-order valence-electron chi connectivity index (χ3n) is 6.79. The summed E-state index contributed by atoms with van der Waals surface area (Å²) < 4.78 is 13.4. The average Bonchev–Trinajstić information content (AvgIpc) is 3.17. The SMILES string of the molecule is C[C@@H]1CN(Cc2ccc(C(=O)O)cc2)C[C@H](C)N1Cc1ccc(CN2CCC(F)C2)cc1. The molecule has 2 aromatic rings. The van der Waals surface area contributed by atoms with Gasteiger partial charge in [0, 0.05) is 57.9 Å². The van der Waals surface area contributed by atoms with Gasteiger partial charge in [-0.25, -0.2) is 9.18 Å². The van der Waals surface area contributed by atoms with Gasteiger partial charge in [0.1, 0.15) is 6.17 Å². The standard InChI is InChI=1S/C26H34FN3O2/c1-19-13-29(16-22-7-9-24(10-8-22)26(31)32)14-20(2)30(19)17-23-5-3-21(4-6-23)15-28-12-11-25(27)18-28/h3-10,19-20,25H,11-18H2,1-2H3,(H,31,32)/t19-,20+,25?. The van der Waals surface area contributed by atoms with Crippen LogP contribution >= 0.6 is 0 Å². The van der Waals surface area contributed by atoms with Crippen molar-refractivity contribution in [2.24, 2.45) is 0 Å². The first-order valence-corrected chi connectivity index (χ1v) is 11.6. The first-order valence-electron chi connectivity index (χ1n) is 11.6. The topological polar surface area (TPSA) is 47.0 Å². The minimum Gasteiger partial charge on any atom is -0.478 e. The van der Waals surface area contributed by atoms with Crippen molar-refractivity contribution in [3.8, 4) is 0 Å². The molecule has 0 radical (unpaired) electrons. The van der Waals surface area contributed by atoms with E-state index in [2.05, 4.69) is 52.8 Å². The van der Waals surface area contributed by atoms with E-state index in [1.54, 1.807) is 12.1 Å². The zero-order valence-electron chi connectivity index (χ0n) is 19.1. The zero-order valence-corrected chi connectivity index (χ0v) is 19.1. The van der Waals surface area contributed by atoms with Crippen molar-refractivity contribution in [2.75, 3.05) is 26.2 Å². The van der Waals surface area contributed by atoms with E-state index in [1.807, 2.05) is 12.1 Å². The molecule has 2 saturated heterocycles. The number of carbonyl (C=O) groups is 1. The van der Waals surface area contributed by atoms with Gasteiger partial charge in [0.25, 0.3) is 0 Å². The fourth-order valence-electron chi connectivity index (χ4n) is 5.07. The summed E-state index contributed by atoms with van der Waals surface area (Å²) in [4.78, 5) is 18.3. The van der Waals surface area contributed by atoms with Gasteiger partial charge in [-0.15, -0.1) is 0 Å². The number of benzene rings is 2. The average molecular weight is 440 g/mol. The molecule has 2 aliphatic rings. The maximum absolute atomic E-state index is 13.4. The summed E-state index contributed by atoms with van der Waals surface area (Å²) in [5.74, 6) is -0.884. The molecule has 0 aromatic heterocycles. The predicted octanol–water partition coefficient (Wildman–Crippen LogP) is 4.02. The molecule has 1 unspecified atom stereocenters. The van der Waals surface area contributed by atoms with E-state index in [0.29, 0.717) is 30.6 Å². The molecule has 3 atom stereocenters. The Balaban J connectivity index is 1.30. The number of hydrogen-bond acceptors (Lipinski definition) is 4. The van der Waals surface area contributed by atoms with Crippen molar-refractivity contribution in [3.63, 3.8) is 0 Å². The molecule has 6 heteroatoms. The second-order valence-electron chi connectivity index (χ2n) is 9.50. The Kier molecular flexibility index (Phi) is 7.23. The second kappa shape index (κ2) is 10.1. The Morgan fingerprint density at radius 2 is 1.34 bits per heavy atom. The maximum Gasteiger partial charge on any atom is 0.335 e. The number of carboxylic acids is 1. The summed E-state index contributed by atoms with van der Waals surface area (Å²) in [7, 11) is 0. The van der Waals surface area contributed by atoms with Crippen LogP contribution < -0.4 is 0 Å². The lowest BCUT2D eigenvalue weighted by molar-refractivity contribution is 0.0290. The summed E-state index contributed by atoms with van der Waals surface area (Å²) in [6.07, 6.45) is -0.00645. The van der Waals surface area contributed by atoms with E-state index < -0.39 is 12.1 Å². The highest BCUT2D eigenvalue weighted by Gasteiger charge is 2.29. The van der Waals surface area contributed by atoms with Crippen molar-refractivity contribution in [2.45, 2.75) is 58.2 Å². The molecule has 1 N–H and O–H groups in total. The molecule has 0 amide bonds. The van der Waals surface area contributed by atoms with E-state index >= 15 is 0 Å². The highest BCUT2D eigenvalue weighted by Crippen LogP contribution is 2.22. The van der Waals surface area contributed by atoms with E-state index in [-0.39, 0.29) is 0 Å². The monoisotopic (exact) mass is 439 g/mol. The molecule has 32 heavy (non-hydrogen) atoms. The molecular weight excluding hydrogens is 405 g/mol. The second-order valence-corrected chi connectivity index (χ2v) is 9.50. The maximum atomic E-state index is 13.4. The van der Waals surface area contributed by atoms with E-state index in [1.165, 1.54) is 11.1 Å². The lowest BCUT2D eigenvalue weighted by atomic mass is 10.0. The first-order chi connectivity index (χ1) is 15.4. The Bertz CT molecular complexity index is 890. The Morgan fingerprint density at radius 3 is 1.84 bits per heavy atom. The van der Waals surface area contributed by atoms with E-state index in [9.17, 15) is 9.18 Å². The molecule has 0 saturated carbocycles. The third-order valence-corrected chi connectivity index (χ3v) is 6.79. The number of nitrogens with zero attached hydrogens (tertiary/aromatic N) is 3. The van der Waals surface area contributed by atoms with Crippen LogP contribution in [0.2, 0.25) is 0 Å². The molecule has 5 nitrogen and oxygen atoms in total. The van der Waals surface area contributed by atoms with E-state index in [4.69, 9.17) is 5.11 Å². The molecule has 4 rings (SSSR count). The molecule has 0 bridgehead atoms. The molecular formula is C26H34FN3O2. The van der Waals surface area contributed by atoms with Crippen LogP contribution in [0.15, 0.2) is 48.5 Å². The van der Waals surface area contributed by atoms with Crippen LogP contribution in [0.4, 0.5) is 4.39 Å². The van der Waals surface area contributed by atoms with Crippen molar-refractivity contribution in [1.29, 1.82) is 0 Å². The van der Waals surface area contributed by atoms with Gasteiger partial charge in [0.15, 0.2) is 0 Å². The Morgan fingerprint density at radius 1 is 0.844 bits per heavy atom. The van der Waals surface area contributed by atoms with Gasteiger partial charge < -0.3 is 5.11 Å². The summed E-state index contributed by atoms with van der Waals surface area (Å²) in [5.41, 5.74) is 4.05. The van der Waals surface area contributed by atoms with Gasteiger partial charge in [0.2, 0.25) is 0 Å². The van der Waals surface area contributed by atoms with Gasteiger partial charge in [-0.2, -0.15) is 0 Å². The minimum atomic E-state index is -0.884. The molecule has 172 valence electrons. The van der Waals surface area contributed by atoms with Crippen LogP contribution in [0, 0.1) is 0 Å². The zero-order chi connectivity index (χ0) is 22.7. The number of carboxylic acid groups (broad SMARTS) is 1. The summed E-state index contributed by atoms with van der Waals surface area (Å²) >= 11 is 0. The number of halogens is 1. The Hall–Kier alpha value is -2.28. The molecule has 2 aliphatic heterocycles. The van der Waals surface area contributed by atoms with Gasteiger partial charge in [-0.1, -0.05) is 36.4 Å². The largest absolute Gasteiger partial charge is 0.478 e. The van der Waals surface area contributed by atoms with Gasteiger partial charge in [-0.05, 0) is 49.1 Å². The number of hydrogen-bond donors (Lipinski definition) is 1. The lowest BCUT2D eigenvalue weighted by Gasteiger charge is -2.44. The number of piperazine rings is 1. The quantitative estimate of drug-likeness (QED) is 0.706. The molecule has 2 heterocycles. The minimum absolute atomic E-state index is 0.332. The Labute approximate surface area is 190 Å². The highest BCUT2D eigenvalue weighted by molar-refractivity contribution is 5.87. The third kappa shape index (κ3) is 5.74. The smallest absolute Gasteiger partial charge is 0.335 e. The van der Waals surface area contributed by atoms with Gasteiger partial charge in [-0.3, -0.25) is 14.7 Å². The van der Waals surface area contributed by atoms with Crippen LogP contribution in [0.5, 0.6) is 0 Å².